The Morgan fingerprint density at radius 3 is 2.76 bits per heavy atom. The summed E-state index contributed by atoms with van der Waals surface area (Å²) >= 11 is 3.47. The molecular weight excluding hydrogens is 332 g/mol. The van der Waals surface area contributed by atoms with Crippen LogP contribution in [0.5, 0.6) is 0 Å². The van der Waals surface area contributed by atoms with Gasteiger partial charge in [0.25, 0.3) is 0 Å². The van der Waals surface area contributed by atoms with Crippen molar-refractivity contribution in [3.05, 3.63) is 34.3 Å². The third kappa shape index (κ3) is 2.53. The van der Waals surface area contributed by atoms with Gasteiger partial charge in [-0.05, 0) is 38.1 Å². The minimum atomic E-state index is -0.283. The Bertz CT molecular complexity index is 592. The van der Waals surface area contributed by atoms with Crippen LogP contribution in [0, 0.1) is 5.41 Å². The number of nitrogens with zero attached hydrogens (tertiary/aromatic N) is 1. The molecule has 3 unspecified atom stereocenters. The summed E-state index contributed by atoms with van der Waals surface area (Å²) in [5.41, 5.74) is 0.700. The van der Waals surface area contributed by atoms with E-state index in [-0.39, 0.29) is 23.1 Å². The van der Waals surface area contributed by atoms with Gasteiger partial charge in [0, 0.05) is 28.9 Å². The lowest BCUT2D eigenvalue weighted by Gasteiger charge is -2.40. The van der Waals surface area contributed by atoms with E-state index in [1.807, 2.05) is 24.3 Å². The number of carbonyl (C=O) groups is 2. The highest BCUT2D eigenvalue weighted by Gasteiger charge is 2.53. The molecule has 2 saturated heterocycles. The molecule has 2 aliphatic heterocycles. The van der Waals surface area contributed by atoms with Crippen molar-refractivity contribution in [3.8, 4) is 0 Å². The lowest BCUT2D eigenvalue weighted by Crippen LogP contribution is -2.51. The summed E-state index contributed by atoms with van der Waals surface area (Å²) in [6, 6.07) is 8.25. The zero-order chi connectivity index (χ0) is 15.2. The second kappa shape index (κ2) is 5.21. The molecule has 3 atom stereocenters. The van der Waals surface area contributed by atoms with Crippen LogP contribution in [-0.2, 0) is 9.59 Å². The van der Waals surface area contributed by atoms with Crippen molar-refractivity contribution in [2.45, 2.75) is 31.7 Å². The van der Waals surface area contributed by atoms with Crippen molar-refractivity contribution >= 4 is 27.7 Å². The summed E-state index contributed by atoms with van der Waals surface area (Å²) in [7, 11) is 2.06. The van der Waals surface area contributed by atoms with Gasteiger partial charge >= 0.3 is 0 Å². The van der Waals surface area contributed by atoms with Gasteiger partial charge in [0.15, 0.2) is 0 Å². The fourth-order valence-corrected chi connectivity index (χ4v) is 4.36. The van der Waals surface area contributed by atoms with Gasteiger partial charge < -0.3 is 4.90 Å². The van der Waals surface area contributed by atoms with Crippen LogP contribution in [0.15, 0.2) is 28.7 Å². The van der Waals surface area contributed by atoms with E-state index >= 15 is 0 Å². The number of amides is 2. The molecule has 2 fully saturated rings. The van der Waals surface area contributed by atoms with Gasteiger partial charge in [-0.3, -0.25) is 14.9 Å². The minimum absolute atomic E-state index is 0.145. The van der Waals surface area contributed by atoms with Gasteiger partial charge in [0.2, 0.25) is 11.8 Å². The van der Waals surface area contributed by atoms with E-state index in [0.717, 1.165) is 23.0 Å². The van der Waals surface area contributed by atoms with Crippen LogP contribution in [0.3, 0.4) is 0 Å². The third-order valence-electron chi connectivity index (χ3n) is 4.85. The predicted octanol–water partition coefficient (Wildman–Crippen LogP) is 2.29. The first-order chi connectivity index (χ1) is 9.91. The number of rotatable bonds is 1. The molecule has 4 nitrogen and oxygen atoms in total. The topological polar surface area (TPSA) is 49.4 Å². The summed E-state index contributed by atoms with van der Waals surface area (Å²) in [5.74, 6) is -0.569. The minimum Gasteiger partial charge on any atom is -0.303 e. The highest BCUT2D eigenvalue weighted by Crippen LogP contribution is 2.50. The highest BCUT2D eigenvalue weighted by atomic mass is 79.9. The van der Waals surface area contributed by atoms with Crippen molar-refractivity contribution in [1.82, 2.24) is 10.2 Å². The third-order valence-corrected chi connectivity index (χ3v) is 5.34. The van der Waals surface area contributed by atoms with Gasteiger partial charge in [-0.1, -0.05) is 28.1 Å². The fourth-order valence-electron chi connectivity index (χ4n) is 3.94. The molecule has 2 aliphatic rings. The molecule has 2 amide bonds. The molecule has 21 heavy (non-hydrogen) atoms. The van der Waals surface area contributed by atoms with Crippen LogP contribution in [0.25, 0.3) is 0 Å². The smallest absolute Gasteiger partial charge is 0.234 e. The molecular formula is C16H19BrN2O2. The van der Waals surface area contributed by atoms with Crippen molar-refractivity contribution in [2.75, 3.05) is 13.6 Å². The summed E-state index contributed by atoms with van der Waals surface area (Å²) in [6.45, 7) is 2.94. The Labute approximate surface area is 133 Å². The Balaban J connectivity index is 2.06. The summed E-state index contributed by atoms with van der Waals surface area (Å²) in [4.78, 5) is 26.7. The largest absolute Gasteiger partial charge is 0.303 e. The van der Waals surface area contributed by atoms with E-state index in [4.69, 9.17) is 0 Å². The Kier molecular flexibility index (Phi) is 3.66. The summed E-state index contributed by atoms with van der Waals surface area (Å²) in [6.07, 6.45) is 1.30. The zero-order valence-electron chi connectivity index (χ0n) is 12.2. The molecule has 0 aromatic heterocycles. The number of hydrogen-bond acceptors (Lipinski definition) is 3. The van der Waals surface area contributed by atoms with E-state index in [9.17, 15) is 9.59 Å². The molecule has 3 rings (SSSR count). The van der Waals surface area contributed by atoms with E-state index in [1.54, 1.807) is 0 Å². The molecule has 1 aromatic rings. The standard InChI is InChI=1S/C16H19BrN2O2/c1-10-7-16(9-19(10)2)8-13(20)18-15(21)14(16)11-4-3-5-12(17)6-11/h3-6,10,14H,7-9H2,1-2H3,(H,18,20,21). The quantitative estimate of drug-likeness (QED) is 0.790. The molecule has 1 N–H and O–H groups in total. The monoisotopic (exact) mass is 350 g/mol. The molecule has 5 heteroatoms. The zero-order valence-corrected chi connectivity index (χ0v) is 13.8. The highest BCUT2D eigenvalue weighted by molar-refractivity contribution is 9.10. The first kappa shape index (κ1) is 14.7. The summed E-state index contributed by atoms with van der Waals surface area (Å²) < 4.78 is 0.958. The Morgan fingerprint density at radius 1 is 1.38 bits per heavy atom. The number of nitrogens with one attached hydrogen (secondary N) is 1. The van der Waals surface area contributed by atoms with E-state index in [2.05, 4.69) is 40.1 Å². The van der Waals surface area contributed by atoms with Crippen LogP contribution in [0.2, 0.25) is 0 Å². The number of likely N-dealkylation sites (tertiary alicyclic amines) is 1. The van der Waals surface area contributed by atoms with E-state index in [0.29, 0.717) is 12.5 Å². The summed E-state index contributed by atoms with van der Waals surface area (Å²) in [5, 5.41) is 2.52. The van der Waals surface area contributed by atoms with Gasteiger partial charge in [-0.25, -0.2) is 0 Å². The number of carbonyl (C=O) groups excluding carboxylic acids is 2. The number of halogens is 1. The number of hydrogen-bond donors (Lipinski definition) is 1. The fraction of sp³-hybridized carbons (Fsp3) is 0.500. The normalized spacial score (nSPS) is 33.5. The van der Waals surface area contributed by atoms with E-state index in [1.165, 1.54) is 0 Å². The SMILES string of the molecule is CC1CC2(CC(=O)NC(=O)C2c2cccc(Br)c2)CN1C. The molecule has 1 aromatic carbocycles. The van der Waals surface area contributed by atoms with Gasteiger partial charge in [0.05, 0.1) is 5.92 Å². The molecule has 0 bridgehead atoms. The number of benzene rings is 1. The first-order valence-corrected chi connectivity index (χ1v) is 8.00. The maximum absolute atomic E-state index is 12.5. The Morgan fingerprint density at radius 2 is 2.14 bits per heavy atom. The lowest BCUT2D eigenvalue weighted by atomic mass is 9.66. The molecule has 0 saturated carbocycles. The van der Waals surface area contributed by atoms with Crippen molar-refractivity contribution < 1.29 is 9.59 Å². The van der Waals surface area contributed by atoms with Crippen LogP contribution < -0.4 is 5.32 Å². The van der Waals surface area contributed by atoms with Crippen LogP contribution >= 0.6 is 15.9 Å². The Hall–Kier alpha value is -1.20. The van der Waals surface area contributed by atoms with Gasteiger partial charge in [-0.15, -0.1) is 0 Å². The van der Waals surface area contributed by atoms with Crippen molar-refractivity contribution in [2.24, 2.45) is 5.41 Å². The van der Waals surface area contributed by atoms with Gasteiger partial charge in [-0.2, -0.15) is 0 Å². The predicted molar refractivity (Wildman–Crippen MR) is 83.8 cm³/mol. The average molecular weight is 351 g/mol. The van der Waals surface area contributed by atoms with Crippen molar-refractivity contribution in [1.29, 1.82) is 0 Å². The second-order valence-electron chi connectivity index (χ2n) is 6.41. The van der Waals surface area contributed by atoms with Crippen LogP contribution in [-0.4, -0.2) is 36.3 Å². The molecule has 0 aliphatic carbocycles. The van der Waals surface area contributed by atoms with Gasteiger partial charge in [0.1, 0.15) is 0 Å². The molecule has 0 radical (unpaired) electrons. The maximum Gasteiger partial charge on any atom is 0.234 e. The van der Waals surface area contributed by atoms with Crippen LogP contribution in [0.1, 0.15) is 31.2 Å². The number of piperidine rings is 1. The van der Waals surface area contributed by atoms with Crippen LogP contribution in [0.4, 0.5) is 0 Å². The lowest BCUT2D eigenvalue weighted by molar-refractivity contribution is -0.139. The average Bonchev–Trinajstić information content (AvgIpc) is 2.63. The van der Waals surface area contributed by atoms with E-state index < -0.39 is 0 Å². The maximum atomic E-state index is 12.5. The number of imide groups is 1. The molecule has 112 valence electrons. The first-order valence-electron chi connectivity index (χ1n) is 7.21. The molecule has 2 heterocycles. The second-order valence-corrected chi connectivity index (χ2v) is 7.32. The molecule has 1 spiro atoms. The van der Waals surface area contributed by atoms with Crippen molar-refractivity contribution in [3.63, 3.8) is 0 Å².